The molecule has 22 heavy (non-hydrogen) atoms. The third kappa shape index (κ3) is 5.72. The molecule has 0 bridgehead atoms. The van der Waals surface area contributed by atoms with Gasteiger partial charge in [0.25, 0.3) is 0 Å². The Balaban J connectivity index is 0.00000116. The molecular weight excluding hydrogens is 275 g/mol. The fraction of sp³-hybridized carbons (Fsp3) is 0.700. The van der Waals surface area contributed by atoms with Gasteiger partial charge in [-0.2, -0.15) is 0 Å². The molecule has 0 aromatic heterocycles. The first-order chi connectivity index (χ1) is 10.5. The molecule has 0 heterocycles. The third-order valence-corrected chi connectivity index (χ3v) is 4.59. The molecule has 0 unspecified atom stereocenters. The Morgan fingerprint density at radius 2 is 1.77 bits per heavy atom. The number of rotatable bonds is 5. The molecule has 1 aliphatic carbocycles. The van der Waals surface area contributed by atoms with Crippen LogP contribution in [0.1, 0.15) is 77.3 Å². The fourth-order valence-electron chi connectivity index (χ4n) is 3.27. The quantitative estimate of drug-likeness (QED) is 0.622. The van der Waals surface area contributed by atoms with Gasteiger partial charge < -0.3 is 4.74 Å². The Kier molecular flexibility index (Phi) is 8.09. The van der Waals surface area contributed by atoms with Crippen LogP contribution in [0.2, 0.25) is 0 Å². The zero-order valence-corrected chi connectivity index (χ0v) is 15.0. The highest BCUT2D eigenvalue weighted by Gasteiger charge is 2.33. The van der Waals surface area contributed by atoms with Crippen LogP contribution >= 0.6 is 0 Å². The van der Waals surface area contributed by atoms with Gasteiger partial charge in [0.1, 0.15) is 5.67 Å². The van der Waals surface area contributed by atoms with Crippen molar-refractivity contribution in [1.29, 1.82) is 0 Å². The molecule has 1 aromatic carbocycles. The topological polar surface area (TPSA) is 9.23 Å². The van der Waals surface area contributed by atoms with Crippen molar-refractivity contribution in [2.45, 2.75) is 78.5 Å². The summed E-state index contributed by atoms with van der Waals surface area (Å²) in [5, 5.41) is 0. The average Bonchev–Trinajstić information content (AvgIpc) is 2.54. The molecule has 0 N–H and O–H groups in total. The van der Waals surface area contributed by atoms with E-state index in [0.717, 1.165) is 32.3 Å². The van der Waals surface area contributed by atoms with E-state index in [2.05, 4.69) is 24.3 Å². The van der Waals surface area contributed by atoms with Gasteiger partial charge in [-0.3, -0.25) is 0 Å². The second-order valence-corrected chi connectivity index (χ2v) is 6.50. The number of hydrogen-bond acceptors (Lipinski definition) is 1. The Hall–Kier alpha value is -0.890. The minimum absolute atomic E-state index is 0.227. The SMILES string of the molecule is CC.CCOCc1cccc(C2CCC(C(C)(C)F)CC2)c1. The molecule has 2 rings (SSSR count). The second-order valence-electron chi connectivity index (χ2n) is 6.50. The number of ether oxygens (including phenoxy) is 1. The van der Waals surface area contributed by atoms with Crippen molar-refractivity contribution in [3.8, 4) is 0 Å². The van der Waals surface area contributed by atoms with Crippen LogP contribution in [0.15, 0.2) is 24.3 Å². The summed E-state index contributed by atoms with van der Waals surface area (Å²) in [6.45, 7) is 10.9. The summed E-state index contributed by atoms with van der Waals surface area (Å²) >= 11 is 0. The lowest BCUT2D eigenvalue weighted by Crippen LogP contribution is -2.29. The Morgan fingerprint density at radius 3 is 2.32 bits per heavy atom. The molecule has 126 valence electrons. The lowest BCUT2D eigenvalue weighted by atomic mass is 9.73. The van der Waals surface area contributed by atoms with Crippen molar-refractivity contribution in [1.82, 2.24) is 0 Å². The molecule has 0 atom stereocenters. The molecule has 1 aromatic rings. The molecule has 1 nitrogen and oxygen atoms in total. The zero-order valence-electron chi connectivity index (χ0n) is 15.0. The molecule has 2 heteroatoms. The number of benzene rings is 1. The smallest absolute Gasteiger partial charge is 0.108 e. The molecule has 0 spiro atoms. The summed E-state index contributed by atoms with van der Waals surface area (Å²) < 4.78 is 19.5. The zero-order chi connectivity index (χ0) is 16.6. The fourth-order valence-corrected chi connectivity index (χ4v) is 3.27. The minimum Gasteiger partial charge on any atom is -0.377 e. The first-order valence-corrected chi connectivity index (χ1v) is 8.86. The minimum atomic E-state index is -1.03. The highest BCUT2D eigenvalue weighted by molar-refractivity contribution is 5.26. The Labute approximate surface area is 136 Å². The average molecular weight is 308 g/mol. The summed E-state index contributed by atoms with van der Waals surface area (Å²) in [6.07, 6.45) is 4.22. The Bertz CT molecular complexity index is 414. The van der Waals surface area contributed by atoms with Crippen molar-refractivity contribution in [2.24, 2.45) is 5.92 Å². The van der Waals surface area contributed by atoms with Crippen molar-refractivity contribution in [2.75, 3.05) is 6.61 Å². The number of alkyl halides is 1. The predicted molar refractivity (Wildman–Crippen MR) is 93.0 cm³/mol. The maximum Gasteiger partial charge on any atom is 0.108 e. The molecule has 1 saturated carbocycles. The summed E-state index contributed by atoms with van der Waals surface area (Å²) in [5.74, 6) is 0.820. The van der Waals surface area contributed by atoms with E-state index in [4.69, 9.17) is 4.74 Å². The lowest BCUT2D eigenvalue weighted by Gasteiger charge is -2.34. The summed E-state index contributed by atoms with van der Waals surface area (Å²) in [4.78, 5) is 0. The van der Waals surface area contributed by atoms with Crippen molar-refractivity contribution < 1.29 is 9.13 Å². The van der Waals surface area contributed by atoms with Crippen molar-refractivity contribution in [3.05, 3.63) is 35.4 Å². The van der Waals surface area contributed by atoms with Gasteiger partial charge in [-0.1, -0.05) is 38.1 Å². The van der Waals surface area contributed by atoms with Gasteiger partial charge in [0.2, 0.25) is 0 Å². The summed E-state index contributed by atoms with van der Waals surface area (Å²) in [6, 6.07) is 8.71. The van der Waals surface area contributed by atoms with E-state index < -0.39 is 5.67 Å². The molecule has 0 amide bonds. The predicted octanol–water partition coefficient (Wildman–Crippen LogP) is 6.27. The summed E-state index contributed by atoms with van der Waals surface area (Å²) in [7, 11) is 0. The van der Waals surface area contributed by atoms with E-state index in [1.807, 2.05) is 20.8 Å². The standard InChI is InChI=1S/C18H27FO.C2H6/c1-4-20-13-14-6-5-7-16(12-14)15-8-10-17(11-9-15)18(2,3)19;1-2/h5-7,12,15,17H,4,8-11,13H2,1-3H3;1-2H3. The van der Waals surface area contributed by atoms with Crippen LogP contribution in [0.4, 0.5) is 4.39 Å². The van der Waals surface area contributed by atoms with Gasteiger partial charge in [0.15, 0.2) is 0 Å². The van der Waals surface area contributed by atoms with Gasteiger partial charge in [-0.15, -0.1) is 0 Å². The van der Waals surface area contributed by atoms with E-state index in [1.165, 1.54) is 11.1 Å². The molecule has 0 aliphatic heterocycles. The van der Waals surface area contributed by atoms with Crippen LogP contribution in [0.3, 0.4) is 0 Å². The van der Waals surface area contributed by atoms with E-state index in [-0.39, 0.29) is 5.92 Å². The van der Waals surface area contributed by atoms with Crippen molar-refractivity contribution >= 4 is 0 Å². The third-order valence-electron chi connectivity index (χ3n) is 4.59. The van der Waals surface area contributed by atoms with Gasteiger partial charge >= 0.3 is 0 Å². The molecule has 1 fully saturated rings. The normalized spacial score (nSPS) is 21.9. The van der Waals surface area contributed by atoms with Gasteiger partial charge in [-0.25, -0.2) is 4.39 Å². The van der Waals surface area contributed by atoms with Gasteiger partial charge in [0, 0.05) is 6.61 Å². The molecular formula is C20H33FO. The highest BCUT2D eigenvalue weighted by Crippen LogP contribution is 2.41. The highest BCUT2D eigenvalue weighted by atomic mass is 19.1. The molecule has 1 aliphatic rings. The monoisotopic (exact) mass is 308 g/mol. The van der Waals surface area contributed by atoms with Gasteiger partial charge in [0.05, 0.1) is 6.61 Å². The van der Waals surface area contributed by atoms with Crippen LogP contribution in [-0.2, 0) is 11.3 Å². The first kappa shape index (κ1) is 19.2. The van der Waals surface area contributed by atoms with Crippen LogP contribution in [-0.4, -0.2) is 12.3 Å². The van der Waals surface area contributed by atoms with E-state index in [1.54, 1.807) is 13.8 Å². The maximum atomic E-state index is 14.0. The van der Waals surface area contributed by atoms with Crippen LogP contribution in [0.25, 0.3) is 0 Å². The largest absolute Gasteiger partial charge is 0.377 e. The van der Waals surface area contributed by atoms with Crippen LogP contribution in [0, 0.1) is 5.92 Å². The van der Waals surface area contributed by atoms with E-state index in [0.29, 0.717) is 12.5 Å². The number of hydrogen-bond donors (Lipinski definition) is 0. The Morgan fingerprint density at radius 1 is 1.14 bits per heavy atom. The van der Waals surface area contributed by atoms with Crippen LogP contribution < -0.4 is 0 Å². The van der Waals surface area contributed by atoms with E-state index in [9.17, 15) is 4.39 Å². The summed E-state index contributed by atoms with van der Waals surface area (Å²) in [5.41, 5.74) is 1.62. The second kappa shape index (κ2) is 9.29. The van der Waals surface area contributed by atoms with Crippen molar-refractivity contribution in [3.63, 3.8) is 0 Å². The van der Waals surface area contributed by atoms with Gasteiger partial charge in [-0.05, 0) is 69.4 Å². The van der Waals surface area contributed by atoms with Crippen LogP contribution in [0.5, 0.6) is 0 Å². The maximum absolute atomic E-state index is 14.0. The number of halogens is 1. The molecule has 0 radical (unpaired) electrons. The molecule has 0 saturated heterocycles. The van der Waals surface area contributed by atoms with E-state index >= 15 is 0 Å². The first-order valence-electron chi connectivity index (χ1n) is 8.86. The lowest BCUT2D eigenvalue weighted by molar-refractivity contribution is 0.0892.